The average molecular weight is 402 g/mol. The number of nitrogens with one attached hydrogen (secondary N) is 1. The van der Waals surface area contributed by atoms with Gasteiger partial charge in [0, 0.05) is 19.2 Å². The third-order valence-electron chi connectivity index (χ3n) is 4.57. The number of amides is 1. The van der Waals surface area contributed by atoms with Crippen LogP contribution >= 0.6 is 0 Å². The topological polar surface area (TPSA) is 114 Å². The van der Waals surface area contributed by atoms with E-state index >= 15 is 0 Å². The van der Waals surface area contributed by atoms with Crippen LogP contribution < -0.4 is 21.9 Å². The van der Waals surface area contributed by atoms with E-state index in [-0.39, 0.29) is 11.5 Å². The third kappa shape index (κ3) is 5.73. The molecule has 2 aromatic heterocycles. The molecule has 0 bridgehead atoms. The van der Waals surface area contributed by atoms with Gasteiger partial charge in [0.15, 0.2) is 5.69 Å². The van der Waals surface area contributed by atoms with E-state index in [0.29, 0.717) is 31.2 Å². The molecule has 29 heavy (non-hydrogen) atoms. The zero-order chi connectivity index (χ0) is 21.6. The van der Waals surface area contributed by atoms with E-state index in [1.54, 1.807) is 18.2 Å². The van der Waals surface area contributed by atoms with E-state index in [2.05, 4.69) is 4.98 Å². The number of hydrogen-bond acceptors (Lipinski definition) is 5. The summed E-state index contributed by atoms with van der Waals surface area (Å²) in [7, 11) is 0. The SMILES string of the molecule is CCCCn1c(N)c(N(CCC(C)C)C(=O)/C=C/c2ccc(C)o2)c(=O)[nH]c1=O. The Kier molecular flexibility index (Phi) is 7.64. The van der Waals surface area contributed by atoms with E-state index < -0.39 is 17.2 Å². The lowest BCUT2D eigenvalue weighted by Gasteiger charge is -2.24. The normalized spacial score (nSPS) is 11.5. The Morgan fingerprint density at radius 3 is 2.66 bits per heavy atom. The summed E-state index contributed by atoms with van der Waals surface area (Å²) in [5.74, 6) is 1.18. The number of aryl methyl sites for hydroxylation is 1. The highest BCUT2D eigenvalue weighted by Crippen LogP contribution is 2.20. The van der Waals surface area contributed by atoms with Gasteiger partial charge in [-0.2, -0.15) is 0 Å². The van der Waals surface area contributed by atoms with Gasteiger partial charge in [-0.3, -0.25) is 19.1 Å². The standard InChI is InChI=1S/C21H30N4O4/c1-5-6-12-25-19(22)18(20(27)23-21(25)28)24(13-11-14(2)3)17(26)10-9-16-8-7-15(4)29-16/h7-10,14H,5-6,11-13,22H2,1-4H3,(H,23,27,28)/b10-9+. The maximum atomic E-state index is 13.0. The van der Waals surface area contributed by atoms with E-state index in [9.17, 15) is 14.4 Å². The van der Waals surface area contributed by atoms with Crippen molar-refractivity contribution < 1.29 is 9.21 Å². The molecule has 0 radical (unpaired) electrons. The van der Waals surface area contributed by atoms with Crippen LogP contribution in [0.3, 0.4) is 0 Å². The predicted molar refractivity (Wildman–Crippen MR) is 115 cm³/mol. The van der Waals surface area contributed by atoms with Crippen molar-refractivity contribution in [3.63, 3.8) is 0 Å². The molecular formula is C21H30N4O4. The zero-order valence-corrected chi connectivity index (χ0v) is 17.5. The smallest absolute Gasteiger partial charge is 0.330 e. The molecule has 0 aromatic carbocycles. The first-order valence-corrected chi connectivity index (χ1v) is 9.93. The number of rotatable bonds is 9. The molecule has 0 spiro atoms. The number of hydrogen-bond donors (Lipinski definition) is 2. The van der Waals surface area contributed by atoms with Crippen molar-refractivity contribution in [1.29, 1.82) is 0 Å². The number of anilines is 2. The summed E-state index contributed by atoms with van der Waals surface area (Å²) < 4.78 is 6.76. The Bertz CT molecular complexity index is 981. The van der Waals surface area contributed by atoms with Crippen molar-refractivity contribution >= 4 is 23.5 Å². The van der Waals surface area contributed by atoms with Crippen molar-refractivity contribution in [3.05, 3.63) is 50.6 Å². The predicted octanol–water partition coefficient (Wildman–Crippen LogP) is 2.91. The van der Waals surface area contributed by atoms with Crippen molar-refractivity contribution in [1.82, 2.24) is 9.55 Å². The van der Waals surface area contributed by atoms with E-state index in [1.165, 1.54) is 15.5 Å². The largest absolute Gasteiger partial charge is 0.462 e. The summed E-state index contributed by atoms with van der Waals surface area (Å²) in [5.41, 5.74) is 4.96. The lowest BCUT2D eigenvalue weighted by Crippen LogP contribution is -2.41. The summed E-state index contributed by atoms with van der Waals surface area (Å²) in [6.07, 6.45) is 5.16. The van der Waals surface area contributed by atoms with Gasteiger partial charge in [-0.1, -0.05) is 27.2 Å². The number of aromatic nitrogens is 2. The number of H-pyrrole nitrogens is 1. The fourth-order valence-corrected chi connectivity index (χ4v) is 2.88. The van der Waals surface area contributed by atoms with Crippen LogP contribution in [0.5, 0.6) is 0 Å². The van der Waals surface area contributed by atoms with E-state index in [4.69, 9.17) is 10.2 Å². The Hall–Kier alpha value is -3.03. The monoisotopic (exact) mass is 402 g/mol. The number of unbranched alkanes of at least 4 members (excludes halogenated alkanes) is 1. The van der Waals surface area contributed by atoms with Gasteiger partial charge < -0.3 is 15.1 Å². The highest BCUT2D eigenvalue weighted by Gasteiger charge is 2.23. The number of carbonyl (C=O) groups is 1. The zero-order valence-electron chi connectivity index (χ0n) is 17.5. The second kappa shape index (κ2) is 9.95. The van der Waals surface area contributed by atoms with Gasteiger partial charge in [-0.15, -0.1) is 0 Å². The first-order valence-electron chi connectivity index (χ1n) is 9.93. The molecule has 2 aromatic rings. The summed E-state index contributed by atoms with van der Waals surface area (Å²) in [6.45, 7) is 8.54. The molecule has 8 heteroatoms. The van der Waals surface area contributed by atoms with Crippen LogP contribution in [0, 0.1) is 12.8 Å². The van der Waals surface area contributed by atoms with Gasteiger partial charge in [0.2, 0.25) is 0 Å². The number of nitrogens with zero attached hydrogens (tertiary/aromatic N) is 2. The minimum absolute atomic E-state index is 0.00606. The molecule has 2 heterocycles. The van der Waals surface area contributed by atoms with Gasteiger partial charge in [0.1, 0.15) is 17.3 Å². The average Bonchev–Trinajstić information content (AvgIpc) is 3.07. The summed E-state index contributed by atoms with van der Waals surface area (Å²) in [4.78, 5) is 41.3. The Balaban J connectivity index is 2.45. The molecule has 0 saturated carbocycles. The molecule has 158 valence electrons. The molecule has 0 fully saturated rings. The fraction of sp³-hybridized carbons (Fsp3) is 0.476. The summed E-state index contributed by atoms with van der Waals surface area (Å²) >= 11 is 0. The van der Waals surface area contributed by atoms with Crippen LogP contribution in [-0.2, 0) is 11.3 Å². The molecule has 0 aliphatic carbocycles. The number of aromatic amines is 1. The quantitative estimate of drug-likeness (QED) is 0.626. The van der Waals surface area contributed by atoms with E-state index in [0.717, 1.165) is 18.6 Å². The number of nitrogen functional groups attached to an aromatic ring is 1. The molecular weight excluding hydrogens is 372 g/mol. The Morgan fingerprint density at radius 1 is 1.34 bits per heavy atom. The van der Waals surface area contributed by atoms with E-state index in [1.807, 2.05) is 27.7 Å². The highest BCUT2D eigenvalue weighted by molar-refractivity contribution is 6.04. The van der Waals surface area contributed by atoms with Crippen LogP contribution in [0.4, 0.5) is 11.5 Å². The molecule has 0 aliphatic rings. The molecule has 0 atom stereocenters. The Labute approximate surface area is 170 Å². The second-order valence-electron chi connectivity index (χ2n) is 7.45. The first kappa shape index (κ1) is 22.3. The molecule has 0 saturated heterocycles. The summed E-state index contributed by atoms with van der Waals surface area (Å²) in [5, 5.41) is 0. The first-order chi connectivity index (χ1) is 13.7. The van der Waals surface area contributed by atoms with Crippen molar-refractivity contribution in [3.8, 4) is 0 Å². The number of furan rings is 1. The minimum atomic E-state index is -0.667. The van der Waals surface area contributed by atoms with Crippen molar-refractivity contribution in [2.45, 2.75) is 53.5 Å². The maximum absolute atomic E-state index is 13.0. The molecule has 3 N–H and O–H groups in total. The molecule has 8 nitrogen and oxygen atoms in total. The van der Waals surface area contributed by atoms with Crippen molar-refractivity contribution in [2.75, 3.05) is 17.2 Å². The molecule has 1 amide bonds. The lowest BCUT2D eigenvalue weighted by molar-refractivity contribution is -0.114. The fourth-order valence-electron chi connectivity index (χ4n) is 2.88. The van der Waals surface area contributed by atoms with Gasteiger partial charge in [-0.05, 0) is 43.9 Å². The number of nitrogens with two attached hydrogens (primary N) is 1. The lowest BCUT2D eigenvalue weighted by atomic mass is 10.1. The highest BCUT2D eigenvalue weighted by atomic mass is 16.3. The third-order valence-corrected chi connectivity index (χ3v) is 4.57. The van der Waals surface area contributed by atoms with Crippen LogP contribution in [0.25, 0.3) is 6.08 Å². The molecule has 0 unspecified atom stereocenters. The van der Waals surface area contributed by atoms with Gasteiger partial charge in [0.25, 0.3) is 11.5 Å². The second-order valence-corrected chi connectivity index (χ2v) is 7.45. The maximum Gasteiger partial charge on any atom is 0.330 e. The van der Waals surface area contributed by atoms with Gasteiger partial charge in [0.05, 0.1) is 0 Å². The van der Waals surface area contributed by atoms with Crippen LogP contribution in [-0.4, -0.2) is 22.0 Å². The van der Waals surface area contributed by atoms with Crippen LogP contribution in [0.2, 0.25) is 0 Å². The van der Waals surface area contributed by atoms with Gasteiger partial charge >= 0.3 is 5.69 Å². The van der Waals surface area contributed by atoms with Crippen molar-refractivity contribution in [2.24, 2.45) is 5.92 Å². The van der Waals surface area contributed by atoms with Crippen LogP contribution in [0.1, 0.15) is 51.6 Å². The number of carbonyl (C=O) groups excluding carboxylic acids is 1. The minimum Gasteiger partial charge on any atom is -0.462 e. The molecule has 0 aliphatic heterocycles. The Morgan fingerprint density at radius 2 is 2.07 bits per heavy atom. The summed E-state index contributed by atoms with van der Waals surface area (Å²) in [6, 6.07) is 3.55. The van der Waals surface area contributed by atoms with Crippen LogP contribution in [0.15, 0.2) is 32.2 Å². The van der Waals surface area contributed by atoms with Gasteiger partial charge in [-0.25, -0.2) is 4.79 Å². The molecule has 2 rings (SSSR count).